The lowest BCUT2D eigenvalue weighted by atomic mass is 10.3. The van der Waals surface area contributed by atoms with E-state index in [4.69, 9.17) is 9.84 Å². The van der Waals surface area contributed by atoms with Crippen LogP contribution in [0.2, 0.25) is 0 Å². The predicted molar refractivity (Wildman–Crippen MR) is 42.5 cm³/mol. The van der Waals surface area contributed by atoms with Crippen LogP contribution in [-0.4, -0.2) is 16.3 Å². The largest absolute Gasteiger partial charge is 0.368 e. The Morgan fingerprint density at radius 1 is 1.80 bits per heavy atom. The molecule has 0 spiro atoms. The van der Waals surface area contributed by atoms with Crippen LogP contribution >= 0.6 is 11.8 Å². The number of thioether (sulfide) groups is 1. The summed E-state index contributed by atoms with van der Waals surface area (Å²) in [5.74, 6) is 0. The summed E-state index contributed by atoms with van der Waals surface area (Å²) in [5.41, 5.74) is 0. The number of aliphatic hydroxyl groups excluding tert-OH is 1. The minimum Gasteiger partial charge on any atom is -0.368 e. The summed E-state index contributed by atoms with van der Waals surface area (Å²) in [7, 11) is 0. The molecule has 58 valence electrons. The maximum atomic E-state index is 8.91. The summed E-state index contributed by atoms with van der Waals surface area (Å²) in [4.78, 5) is -0.228. The maximum absolute atomic E-state index is 8.91. The van der Waals surface area contributed by atoms with E-state index in [1.165, 1.54) is 0 Å². The zero-order chi connectivity index (χ0) is 7.61. The Kier molecular flexibility index (Phi) is 2.39. The Labute approximate surface area is 65.3 Å². The number of hydrogen-bond donors (Lipinski definition) is 1. The van der Waals surface area contributed by atoms with Crippen LogP contribution in [0.4, 0.5) is 0 Å². The van der Waals surface area contributed by atoms with Gasteiger partial charge in [-0.1, -0.05) is 17.8 Å². The van der Waals surface area contributed by atoms with Gasteiger partial charge in [0.2, 0.25) is 0 Å². The van der Waals surface area contributed by atoms with Crippen molar-refractivity contribution in [2.75, 3.05) is 0 Å². The third-order valence-electron chi connectivity index (χ3n) is 1.32. The highest BCUT2D eigenvalue weighted by Crippen LogP contribution is 2.37. The molecule has 1 aliphatic heterocycles. The van der Waals surface area contributed by atoms with E-state index >= 15 is 0 Å². The average molecular weight is 160 g/mol. The van der Waals surface area contributed by atoms with Gasteiger partial charge in [-0.2, -0.15) is 0 Å². The van der Waals surface area contributed by atoms with Crippen molar-refractivity contribution in [2.45, 2.75) is 31.5 Å². The van der Waals surface area contributed by atoms with Crippen LogP contribution in [-0.2, 0) is 4.74 Å². The molecule has 0 amide bonds. The highest BCUT2D eigenvalue weighted by atomic mass is 32.2. The van der Waals surface area contributed by atoms with Gasteiger partial charge in [-0.3, -0.25) is 0 Å². The smallest absolute Gasteiger partial charge is 0.153 e. The highest BCUT2D eigenvalue weighted by Gasteiger charge is 2.28. The van der Waals surface area contributed by atoms with Gasteiger partial charge in [0.15, 0.2) is 6.29 Å². The number of ether oxygens (including phenoxy) is 1. The first-order valence-electron chi connectivity index (χ1n) is 3.31. The molecule has 1 rings (SSSR count). The number of hydrogen-bond acceptors (Lipinski definition) is 3. The standard InChI is InChI=1S/C7H12O2S/c1-6(8)9-7(2)4-3-5-10-7/h3,5-6,8H,4H2,1-2H3. The van der Waals surface area contributed by atoms with Gasteiger partial charge >= 0.3 is 0 Å². The summed E-state index contributed by atoms with van der Waals surface area (Å²) in [6.45, 7) is 3.61. The molecule has 0 aliphatic carbocycles. The van der Waals surface area contributed by atoms with E-state index in [9.17, 15) is 0 Å². The predicted octanol–water partition coefficient (Wildman–Crippen LogP) is 1.71. The van der Waals surface area contributed by atoms with E-state index in [0.29, 0.717) is 0 Å². The van der Waals surface area contributed by atoms with Crippen LogP contribution in [0.5, 0.6) is 0 Å². The molecule has 10 heavy (non-hydrogen) atoms. The molecule has 1 N–H and O–H groups in total. The van der Waals surface area contributed by atoms with E-state index in [1.807, 2.05) is 18.4 Å². The van der Waals surface area contributed by atoms with Crippen molar-refractivity contribution >= 4 is 11.8 Å². The summed E-state index contributed by atoms with van der Waals surface area (Å²) in [6.07, 6.45) is 2.26. The minimum atomic E-state index is -0.669. The van der Waals surface area contributed by atoms with Crippen LogP contribution in [0.25, 0.3) is 0 Å². The first-order valence-corrected chi connectivity index (χ1v) is 4.19. The van der Waals surface area contributed by atoms with Crippen LogP contribution in [0.3, 0.4) is 0 Å². The van der Waals surface area contributed by atoms with E-state index in [0.717, 1.165) is 6.42 Å². The van der Waals surface area contributed by atoms with Crippen molar-refractivity contribution in [3.8, 4) is 0 Å². The third kappa shape index (κ3) is 2.01. The van der Waals surface area contributed by atoms with Crippen molar-refractivity contribution in [2.24, 2.45) is 0 Å². The zero-order valence-corrected chi connectivity index (χ0v) is 7.02. The molecule has 0 aromatic rings. The topological polar surface area (TPSA) is 29.5 Å². The van der Waals surface area contributed by atoms with Gasteiger partial charge in [0.25, 0.3) is 0 Å². The van der Waals surface area contributed by atoms with Crippen molar-refractivity contribution in [1.29, 1.82) is 0 Å². The maximum Gasteiger partial charge on any atom is 0.153 e. The van der Waals surface area contributed by atoms with Gasteiger partial charge in [-0.25, -0.2) is 0 Å². The van der Waals surface area contributed by atoms with Crippen LogP contribution in [0, 0.1) is 0 Å². The Bertz CT molecular complexity index is 135. The molecule has 0 aromatic heterocycles. The fourth-order valence-corrected chi connectivity index (χ4v) is 1.81. The normalized spacial score (nSPS) is 34.7. The molecule has 1 aliphatic rings. The molecule has 0 fully saturated rings. The van der Waals surface area contributed by atoms with Crippen LogP contribution in [0.15, 0.2) is 11.5 Å². The lowest BCUT2D eigenvalue weighted by molar-refractivity contribution is -0.129. The molecule has 0 saturated heterocycles. The van der Waals surface area contributed by atoms with Crippen molar-refractivity contribution in [1.82, 2.24) is 0 Å². The third-order valence-corrected chi connectivity index (χ3v) is 2.41. The zero-order valence-electron chi connectivity index (χ0n) is 6.20. The molecule has 0 aromatic carbocycles. The van der Waals surface area contributed by atoms with Gasteiger partial charge in [0, 0.05) is 6.42 Å². The van der Waals surface area contributed by atoms with Gasteiger partial charge in [-0.15, -0.1) is 0 Å². The average Bonchev–Trinajstić information content (AvgIpc) is 2.12. The Hall–Kier alpha value is 0.01000. The molecule has 3 heteroatoms. The van der Waals surface area contributed by atoms with Crippen molar-refractivity contribution < 1.29 is 9.84 Å². The summed E-state index contributed by atoms with van der Waals surface area (Å²) < 4.78 is 5.25. The molecule has 2 atom stereocenters. The van der Waals surface area contributed by atoms with E-state index in [1.54, 1.807) is 18.7 Å². The molecule has 0 bridgehead atoms. The monoisotopic (exact) mass is 160 g/mol. The minimum absolute atomic E-state index is 0.228. The molecular formula is C7H12O2S. The van der Waals surface area contributed by atoms with Crippen molar-refractivity contribution in [3.63, 3.8) is 0 Å². The SMILES string of the molecule is CC(O)OC1(C)CC=CS1. The Balaban J connectivity index is 2.38. The second kappa shape index (κ2) is 2.95. The van der Waals surface area contributed by atoms with Gasteiger partial charge in [-0.05, 0) is 19.3 Å². The van der Waals surface area contributed by atoms with Gasteiger partial charge < -0.3 is 9.84 Å². The fourth-order valence-electron chi connectivity index (χ4n) is 0.939. The van der Waals surface area contributed by atoms with Crippen LogP contribution < -0.4 is 0 Å². The fraction of sp³-hybridized carbons (Fsp3) is 0.714. The van der Waals surface area contributed by atoms with E-state index in [2.05, 4.69) is 0 Å². The van der Waals surface area contributed by atoms with E-state index in [-0.39, 0.29) is 4.93 Å². The summed E-state index contributed by atoms with van der Waals surface area (Å²) in [5, 5.41) is 10.9. The molecule has 2 unspecified atom stereocenters. The molecule has 0 radical (unpaired) electrons. The second-order valence-corrected chi connectivity index (χ2v) is 3.92. The Morgan fingerprint density at radius 3 is 2.90 bits per heavy atom. The van der Waals surface area contributed by atoms with Gasteiger partial charge in [0.1, 0.15) is 4.93 Å². The van der Waals surface area contributed by atoms with Crippen molar-refractivity contribution in [3.05, 3.63) is 11.5 Å². The van der Waals surface area contributed by atoms with Crippen LogP contribution in [0.1, 0.15) is 20.3 Å². The lowest BCUT2D eigenvalue weighted by Gasteiger charge is -2.24. The Morgan fingerprint density at radius 2 is 2.50 bits per heavy atom. The molecule has 2 nitrogen and oxygen atoms in total. The molecular weight excluding hydrogens is 148 g/mol. The number of rotatable bonds is 2. The summed E-state index contributed by atoms with van der Waals surface area (Å²) >= 11 is 1.61. The lowest BCUT2D eigenvalue weighted by Crippen LogP contribution is -2.26. The highest BCUT2D eigenvalue weighted by molar-refractivity contribution is 8.03. The summed E-state index contributed by atoms with van der Waals surface area (Å²) in [6, 6.07) is 0. The molecule has 1 heterocycles. The van der Waals surface area contributed by atoms with Gasteiger partial charge in [0.05, 0.1) is 0 Å². The molecule has 0 saturated carbocycles. The number of aliphatic hydroxyl groups is 1. The quantitative estimate of drug-likeness (QED) is 0.623. The first kappa shape index (κ1) is 8.11. The second-order valence-electron chi connectivity index (χ2n) is 2.54. The van der Waals surface area contributed by atoms with E-state index < -0.39 is 6.29 Å². The first-order chi connectivity index (χ1) is 4.62.